The SMILES string of the molecule is O=C(NC/C=C/c1cn([C@H]2C[C@H]([O-])[C@@H](COP(=O)(O)OP(=O)(O)OP(=O)(O)O)O2)c(=O)[nH]c1=O)c1ccc(C2(C(F)(F)F)N=N2)cc1.[Li+]. The summed E-state index contributed by atoms with van der Waals surface area (Å²) in [6.45, 7) is -1.24. The van der Waals surface area contributed by atoms with Gasteiger partial charge in [-0.15, -0.1) is 10.2 Å². The van der Waals surface area contributed by atoms with Gasteiger partial charge in [0, 0.05) is 23.9 Å². The molecule has 1 aromatic heterocycles. The summed E-state index contributed by atoms with van der Waals surface area (Å²) in [5.74, 6) is -0.672. The number of nitrogens with one attached hydrogen (secondary N) is 2. The third kappa shape index (κ3) is 10.00. The second-order valence-electron chi connectivity index (χ2n) is 9.60. The summed E-state index contributed by atoms with van der Waals surface area (Å²) in [4.78, 5) is 74.9. The van der Waals surface area contributed by atoms with Gasteiger partial charge in [0.1, 0.15) is 6.23 Å². The van der Waals surface area contributed by atoms with Gasteiger partial charge in [0.2, 0.25) is 0 Å². The number of aromatic nitrogens is 2. The summed E-state index contributed by atoms with van der Waals surface area (Å²) in [5, 5.41) is 21.0. The van der Waals surface area contributed by atoms with Gasteiger partial charge >= 0.3 is 59.9 Å². The van der Waals surface area contributed by atoms with E-state index in [1.54, 1.807) is 0 Å². The van der Waals surface area contributed by atoms with Gasteiger partial charge in [-0.05, 0) is 18.6 Å². The summed E-state index contributed by atoms with van der Waals surface area (Å²) in [6.07, 6.45) is -6.32. The van der Waals surface area contributed by atoms with E-state index in [0.717, 1.165) is 35.0 Å². The van der Waals surface area contributed by atoms with Crippen molar-refractivity contribution in [3.8, 4) is 0 Å². The van der Waals surface area contributed by atoms with Crippen molar-refractivity contribution in [2.24, 2.45) is 10.2 Å². The van der Waals surface area contributed by atoms with Crippen molar-refractivity contribution < 1.29 is 93.1 Å². The molecule has 2 unspecified atom stereocenters. The van der Waals surface area contributed by atoms with Crippen LogP contribution in [0, 0.1) is 0 Å². The minimum Gasteiger partial charge on any atom is -0.850 e. The second kappa shape index (κ2) is 14.7. The third-order valence-corrected chi connectivity index (χ3v) is 10.0. The number of H-pyrrole nitrogens is 1. The van der Waals surface area contributed by atoms with Crippen molar-refractivity contribution in [3.05, 3.63) is 74.1 Å². The third-order valence-electron chi connectivity index (χ3n) is 6.23. The molecule has 1 aromatic carbocycles. The molecule has 2 aliphatic rings. The molecule has 1 saturated heterocycles. The number of carbonyl (C=O) groups is 1. The number of phosphoric acid groups is 3. The molecule has 27 heteroatoms. The van der Waals surface area contributed by atoms with E-state index in [2.05, 4.69) is 28.7 Å². The van der Waals surface area contributed by atoms with Crippen LogP contribution in [-0.4, -0.2) is 66.6 Å². The number of ether oxygens (including phenoxy) is 1. The predicted octanol–water partition coefficient (Wildman–Crippen LogP) is -2.48. The Labute approximate surface area is 277 Å². The first kappa shape index (κ1) is 39.9. The van der Waals surface area contributed by atoms with Gasteiger partial charge in [0.25, 0.3) is 11.5 Å². The summed E-state index contributed by atoms with van der Waals surface area (Å²) in [5.41, 5.74) is -4.94. The van der Waals surface area contributed by atoms with Gasteiger partial charge in [0.15, 0.2) is 0 Å². The zero-order valence-corrected chi connectivity index (χ0v) is 26.7. The topological polar surface area (TPSA) is 301 Å². The van der Waals surface area contributed by atoms with Crippen molar-refractivity contribution in [2.45, 2.75) is 36.7 Å². The number of hydrogen-bond donors (Lipinski definition) is 6. The molecule has 1 fully saturated rings. The van der Waals surface area contributed by atoms with Crippen molar-refractivity contribution in [1.29, 1.82) is 0 Å². The van der Waals surface area contributed by atoms with E-state index in [1.165, 1.54) is 12.2 Å². The van der Waals surface area contributed by atoms with E-state index in [-0.39, 0.29) is 42.1 Å². The van der Waals surface area contributed by atoms with Crippen LogP contribution in [-0.2, 0) is 37.2 Å². The van der Waals surface area contributed by atoms with Crippen molar-refractivity contribution >= 4 is 35.5 Å². The van der Waals surface area contributed by atoms with Crippen LogP contribution in [0.4, 0.5) is 13.2 Å². The Bertz CT molecular complexity index is 1840. The molecule has 0 bridgehead atoms. The zero-order chi connectivity index (χ0) is 35.0. The maximum Gasteiger partial charge on any atom is 1.00 e. The number of benzene rings is 1. The number of amides is 1. The zero-order valence-electron chi connectivity index (χ0n) is 24.0. The molecule has 2 aromatic rings. The normalized spacial score (nSPS) is 22.9. The Morgan fingerprint density at radius 1 is 1.12 bits per heavy atom. The van der Waals surface area contributed by atoms with Crippen LogP contribution >= 0.6 is 23.5 Å². The van der Waals surface area contributed by atoms with E-state index in [0.29, 0.717) is 0 Å². The second-order valence-corrected chi connectivity index (χ2v) is 14.0. The maximum atomic E-state index is 13.1. The minimum atomic E-state index is -5.80. The maximum absolute atomic E-state index is 13.1. The molecule has 0 radical (unpaired) electrons. The number of nitrogens with zero attached hydrogens (tertiary/aromatic N) is 3. The Morgan fingerprint density at radius 3 is 2.31 bits per heavy atom. The first-order valence-electron chi connectivity index (χ1n) is 12.6. The Kier molecular flexibility index (Phi) is 12.2. The largest absolute Gasteiger partial charge is 1.00 e. The molecule has 48 heavy (non-hydrogen) atoms. The number of carbonyl (C=O) groups excluding carboxylic acids is 1. The molecule has 6 N–H and O–H groups in total. The molecule has 1 amide bonds. The molecule has 2 aliphatic heterocycles. The van der Waals surface area contributed by atoms with Crippen molar-refractivity contribution in [3.63, 3.8) is 0 Å². The fourth-order valence-electron chi connectivity index (χ4n) is 4.06. The molecule has 0 spiro atoms. The van der Waals surface area contributed by atoms with Crippen molar-refractivity contribution in [1.82, 2.24) is 14.9 Å². The molecule has 258 valence electrons. The van der Waals surface area contributed by atoms with Gasteiger partial charge < -0.3 is 34.7 Å². The van der Waals surface area contributed by atoms with Crippen LogP contribution in [0.25, 0.3) is 6.08 Å². The van der Waals surface area contributed by atoms with Crippen molar-refractivity contribution in [2.75, 3.05) is 13.2 Å². The fourth-order valence-corrected chi connectivity index (χ4v) is 7.09. The molecule has 3 heterocycles. The van der Waals surface area contributed by atoms with Gasteiger partial charge in [-0.2, -0.15) is 21.8 Å². The van der Waals surface area contributed by atoms with Gasteiger partial charge in [-0.1, -0.05) is 30.4 Å². The standard InChI is InChI=1S/C21H22F3N5O15P3.Li/c22-21(23,24)20(27-28-20)13-5-3-11(4-6-13)17(31)25-7-1-2-12-9-29(19(33)26-18(12)32)16-8-14(30)15(42-16)10-41-46(37,38)44-47(39,40)43-45(34,35)36;/h1-6,9,14-16H,7-8,10H2,(H,25,31)(H,37,38)(H,39,40)(H,26,32,33)(H2,34,35,36);/q-1;+1/b2-1+;/t14-,15+,16+;/m0./s1. The van der Waals surface area contributed by atoms with Gasteiger partial charge in [-0.25, -0.2) is 18.5 Å². The number of rotatable bonds is 13. The number of alkyl halides is 3. The number of phosphoric ester groups is 1. The minimum absolute atomic E-state index is 0. The molecule has 5 atom stereocenters. The summed E-state index contributed by atoms with van der Waals surface area (Å²) in [6, 6.07) is 4.41. The number of aromatic amines is 1. The van der Waals surface area contributed by atoms with E-state index >= 15 is 0 Å². The summed E-state index contributed by atoms with van der Waals surface area (Å²) in [7, 11) is -17.0. The number of hydrogen-bond acceptors (Lipinski definition) is 13. The average molecular weight is 741 g/mol. The Hall–Kier alpha value is -2.57. The molecular weight excluding hydrogens is 719 g/mol. The van der Waals surface area contributed by atoms with Crippen LogP contribution in [0.1, 0.15) is 34.1 Å². The monoisotopic (exact) mass is 741 g/mol. The molecule has 0 saturated carbocycles. The van der Waals surface area contributed by atoms with Crippen LogP contribution in [0.3, 0.4) is 0 Å². The van der Waals surface area contributed by atoms with E-state index < -0.39 is 83.9 Å². The van der Waals surface area contributed by atoms with Crippen LogP contribution < -0.4 is 40.5 Å². The molecular formula is C21H22F3LiN5O15P3. The summed E-state index contributed by atoms with van der Waals surface area (Å²) >= 11 is 0. The van der Waals surface area contributed by atoms with Crippen LogP contribution in [0.2, 0.25) is 0 Å². The first-order valence-corrected chi connectivity index (χ1v) is 17.1. The van der Waals surface area contributed by atoms with E-state index in [4.69, 9.17) is 14.5 Å². The average Bonchev–Trinajstić information content (AvgIpc) is 3.67. The van der Waals surface area contributed by atoms with E-state index in [9.17, 15) is 56.1 Å². The van der Waals surface area contributed by atoms with E-state index in [1.807, 2.05) is 4.98 Å². The summed E-state index contributed by atoms with van der Waals surface area (Å²) < 4.78 is 91.2. The Morgan fingerprint density at radius 2 is 1.75 bits per heavy atom. The quantitative estimate of drug-likeness (QED) is 0.0915. The van der Waals surface area contributed by atoms with Gasteiger partial charge in [-0.3, -0.25) is 23.7 Å². The molecule has 20 nitrogen and oxygen atoms in total. The van der Waals surface area contributed by atoms with Crippen LogP contribution in [0.15, 0.2) is 56.4 Å². The number of halogens is 3. The first-order chi connectivity index (χ1) is 21.6. The smallest absolute Gasteiger partial charge is 0.850 e. The molecule has 0 aliphatic carbocycles. The van der Waals surface area contributed by atoms with Crippen LogP contribution in [0.5, 0.6) is 0 Å². The fraction of sp³-hybridized carbons (Fsp3) is 0.381. The predicted molar refractivity (Wildman–Crippen MR) is 144 cm³/mol. The van der Waals surface area contributed by atoms with Gasteiger partial charge in [0.05, 0.1) is 18.3 Å². The molecule has 4 rings (SSSR count). The Balaban J connectivity index is 0.00000625.